The lowest BCUT2D eigenvalue weighted by Crippen LogP contribution is -2.31. The van der Waals surface area contributed by atoms with Gasteiger partial charge in [-0.1, -0.05) is 31.4 Å². The van der Waals surface area contributed by atoms with Gasteiger partial charge in [0.1, 0.15) is 0 Å². The minimum atomic E-state index is 0.0220. The number of anilines is 1. The fraction of sp³-hybridized carbons (Fsp3) is 0.154. The van der Waals surface area contributed by atoms with Crippen molar-refractivity contribution in [1.29, 1.82) is 0 Å². The average Bonchev–Trinajstić information content (AvgIpc) is 2.28. The number of nitrogen functional groups attached to an aromatic ring is 1. The minimum Gasteiger partial charge on any atom is -0.399 e. The topological polar surface area (TPSA) is 55.1 Å². The zero-order valence-corrected chi connectivity index (χ0v) is 9.20. The van der Waals surface area contributed by atoms with E-state index in [2.05, 4.69) is 18.5 Å². The largest absolute Gasteiger partial charge is 0.399 e. The molecule has 0 unspecified atom stereocenters. The molecule has 0 atom stereocenters. The van der Waals surface area contributed by atoms with Crippen molar-refractivity contribution in [1.82, 2.24) is 5.32 Å². The summed E-state index contributed by atoms with van der Waals surface area (Å²) in [6.45, 7) is 8.36. The SMILES string of the molecule is C=C1CNCC(=C)C1=O.Nc1ccccc1. The van der Waals surface area contributed by atoms with E-state index in [1.54, 1.807) is 0 Å². The second-order valence-electron chi connectivity index (χ2n) is 3.55. The fourth-order valence-electron chi connectivity index (χ4n) is 1.23. The molecule has 2 rings (SSSR count). The van der Waals surface area contributed by atoms with Crippen LogP contribution in [0.1, 0.15) is 0 Å². The molecule has 1 aliphatic rings. The number of carbonyl (C=O) groups is 1. The molecule has 0 amide bonds. The normalized spacial score (nSPS) is 15.4. The van der Waals surface area contributed by atoms with Gasteiger partial charge in [-0.3, -0.25) is 4.79 Å². The van der Waals surface area contributed by atoms with E-state index in [9.17, 15) is 4.79 Å². The molecule has 16 heavy (non-hydrogen) atoms. The zero-order chi connectivity index (χ0) is 12.0. The molecule has 1 aromatic rings. The lowest BCUT2D eigenvalue weighted by Gasteiger charge is -2.14. The first kappa shape index (κ1) is 12.2. The smallest absolute Gasteiger partial charge is 0.186 e. The van der Waals surface area contributed by atoms with Crippen molar-refractivity contribution in [3.63, 3.8) is 0 Å². The molecule has 3 N–H and O–H groups in total. The third kappa shape index (κ3) is 3.71. The van der Waals surface area contributed by atoms with Crippen molar-refractivity contribution in [2.24, 2.45) is 0 Å². The molecule has 84 valence electrons. The van der Waals surface area contributed by atoms with Crippen LogP contribution in [0.5, 0.6) is 0 Å². The Morgan fingerprint density at radius 3 is 1.88 bits per heavy atom. The Labute approximate surface area is 95.7 Å². The van der Waals surface area contributed by atoms with Gasteiger partial charge in [0.05, 0.1) is 0 Å². The highest BCUT2D eigenvalue weighted by Crippen LogP contribution is 2.04. The molecule has 1 aliphatic heterocycles. The zero-order valence-electron chi connectivity index (χ0n) is 9.20. The Morgan fingerprint density at radius 1 is 1.06 bits per heavy atom. The molecular weight excluding hydrogens is 200 g/mol. The monoisotopic (exact) mass is 216 g/mol. The van der Waals surface area contributed by atoms with Gasteiger partial charge in [0, 0.05) is 29.9 Å². The van der Waals surface area contributed by atoms with Gasteiger partial charge < -0.3 is 11.1 Å². The molecule has 3 heteroatoms. The number of Topliss-reactive ketones (excluding diaryl/α,β-unsaturated/α-hetero) is 1. The minimum absolute atomic E-state index is 0.0220. The average molecular weight is 216 g/mol. The molecule has 0 aliphatic carbocycles. The van der Waals surface area contributed by atoms with Gasteiger partial charge in [-0.15, -0.1) is 0 Å². The van der Waals surface area contributed by atoms with E-state index >= 15 is 0 Å². The lowest BCUT2D eigenvalue weighted by molar-refractivity contribution is -0.112. The van der Waals surface area contributed by atoms with E-state index in [1.165, 1.54) is 0 Å². The van der Waals surface area contributed by atoms with Crippen LogP contribution < -0.4 is 11.1 Å². The molecule has 0 saturated carbocycles. The summed E-state index contributed by atoms with van der Waals surface area (Å²) in [6, 6.07) is 9.49. The van der Waals surface area contributed by atoms with Crippen LogP contribution in [0.4, 0.5) is 5.69 Å². The molecule has 0 radical (unpaired) electrons. The van der Waals surface area contributed by atoms with Crippen LogP contribution in [-0.4, -0.2) is 18.9 Å². The number of hydrogen-bond donors (Lipinski definition) is 2. The molecule has 0 aromatic heterocycles. The van der Waals surface area contributed by atoms with E-state index in [0.29, 0.717) is 24.2 Å². The standard InChI is InChI=1S/C7H9NO.C6H7N/c1-5-3-8-4-6(2)7(5)9;7-6-4-2-1-3-5-6/h8H,1-4H2;1-5H,7H2. The Kier molecular flexibility index (Phi) is 4.48. The quantitative estimate of drug-likeness (QED) is 0.511. The van der Waals surface area contributed by atoms with Gasteiger partial charge in [0.15, 0.2) is 5.78 Å². The summed E-state index contributed by atoms with van der Waals surface area (Å²) >= 11 is 0. The number of nitrogens with one attached hydrogen (secondary N) is 1. The number of nitrogens with two attached hydrogens (primary N) is 1. The number of para-hydroxylation sites is 1. The number of ketones is 1. The fourth-order valence-corrected chi connectivity index (χ4v) is 1.23. The van der Waals surface area contributed by atoms with Crippen LogP contribution in [0.3, 0.4) is 0 Å². The van der Waals surface area contributed by atoms with Crippen molar-refractivity contribution in [3.8, 4) is 0 Å². The number of benzene rings is 1. The Hall–Kier alpha value is -1.87. The van der Waals surface area contributed by atoms with Crippen molar-refractivity contribution in [2.45, 2.75) is 0 Å². The van der Waals surface area contributed by atoms with Gasteiger partial charge >= 0.3 is 0 Å². The summed E-state index contributed by atoms with van der Waals surface area (Å²) < 4.78 is 0. The predicted octanol–water partition coefficient (Wildman–Crippen LogP) is 1.54. The maximum Gasteiger partial charge on any atom is 0.186 e. The first-order valence-corrected chi connectivity index (χ1v) is 5.02. The van der Waals surface area contributed by atoms with Crippen LogP contribution in [-0.2, 0) is 4.79 Å². The maximum absolute atomic E-state index is 10.9. The van der Waals surface area contributed by atoms with Crippen molar-refractivity contribution < 1.29 is 4.79 Å². The first-order chi connectivity index (χ1) is 7.61. The van der Waals surface area contributed by atoms with Crippen molar-refractivity contribution >= 4 is 11.5 Å². The molecule has 0 bridgehead atoms. The highest BCUT2D eigenvalue weighted by atomic mass is 16.1. The number of hydrogen-bond acceptors (Lipinski definition) is 3. The first-order valence-electron chi connectivity index (χ1n) is 5.02. The van der Waals surface area contributed by atoms with Gasteiger partial charge in [-0.2, -0.15) is 0 Å². The van der Waals surface area contributed by atoms with E-state index < -0.39 is 0 Å². The summed E-state index contributed by atoms with van der Waals surface area (Å²) in [5.41, 5.74) is 7.41. The molecule has 1 aromatic carbocycles. The van der Waals surface area contributed by atoms with Gasteiger partial charge in [-0.05, 0) is 12.1 Å². The maximum atomic E-state index is 10.9. The van der Waals surface area contributed by atoms with Crippen LogP contribution in [0.15, 0.2) is 54.6 Å². The second-order valence-corrected chi connectivity index (χ2v) is 3.55. The van der Waals surface area contributed by atoms with Crippen molar-refractivity contribution in [3.05, 3.63) is 54.6 Å². The summed E-state index contributed by atoms with van der Waals surface area (Å²) in [4.78, 5) is 10.9. The van der Waals surface area contributed by atoms with Crippen LogP contribution in [0.25, 0.3) is 0 Å². The number of rotatable bonds is 0. The number of carbonyl (C=O) groups excluding carboxylic acids is 1. The summed E-state index contributed by atoms with van der Waals surface area (Å²) in [6.07, 6.45) is 0. The lowest BCUT2D eigenvalue weighted by atomic mass is 10.0. The second kappa shape index (κ2) is 5.88. The van der Waals surface area contributed by atoms with Gasteiger partial charge in [0.2, 0.25) is 0 Å². The summed E-state index contributed by atoms with van der Waals surface area (Å²) in [5.74, 6) is 0.0220. The Bertz CT molecular complexity index is 378. The van der Waals surface area contributed by atoms with Crippen molar-refractivity contribution in [2.75, 3.05) is 18.8 Å². The molecule has 1 saturated heterocycles. The van der Waals surface area contributed by atoms with Gasteiger partial charge in [0.25, 0.3) is 0 Å². The third-order valence-electron chi connectivity index (χ3n) is 2.12. The Balaban J connectivity index is 0.000000165. The molecule has 1 heterocycles. The van der Waals surface area contributed by atoms with E-state index in [1.807, 2.05) is 30.3 Å². The highest BCUT2D eigenvalue weighted by molar-refractivity contribution is 6.08. The molecular formula is C13H16N2O. The van der Waals surface area contributed by atoms with Gasteiger partial charge in [-0.25, -0.2) is 0 Å². The molecule has 0 spiro atoms. The third-order valence-corrected chi connectivity index (χ3v) is 2.12. The highest BCUT2D eigenvalue weighted by Gasteiger charge is 2.15. The van der Waals surface area contributed by atoms with E-state index in [0.717, 1.165) is 5.69 Å². The van der Waals surface area contributed by atoms with Crippen LogP contribution in [0, 0.1) is 0 Å². The molecule has 3 nitrogen and oxygen atoms in total. The summed E-state index contributed by atoms with van der Waals surface area (Å²) in [5, 5.41) is 2.99. The number of piperidine rings is 1. The summed E-state index contributed by atoms with van der Waals surface area (Å²) in [7, 11) is 0. The Morgan fingerprint density at radius 2 is 1.56 bits per heavy atom. The van der Waals surface area contributed by atoms with E-state index in [4.69, 9.17) is 5.73 Å². The molecule has 1 fully saturated rings. The van der Waals surface area contributed by atoms with Crippen LogP contribution >= 0.6 is 0 Å². The van der Waals surface area contributed by atoms with Crippen LogP contribution in [0.2, 0.25) is 0 Å². The predicted molar refractivity (Wildman–Crippen MR) is 67.0 cm³/mol. The van der Waals surface area contributed by atoms with E-state index in [-0.39, 0.29) is 5.78 Å².